The van der Waals surface area contributed by atoms with Crippen LogP contribution in [0.5, 0.6) is 0 Å². The lowest BCUT2D eigenvalue weighted by atomic mass is 9.79. The third kappa shape index (κ3) is 2.08. The van der Waals surface area contributed by atoms with Gasteiger partial charge in [0.1, 0.15) is 6.10 Å². The second-order valence-electron chi connectivity index (χ2n) is 6.26. The number of hydrogen-bond acceptors (Lipinski definition) is 5. The molecular weight excluding hydrogens is 368 g/mol. The van der Waals surface area contributed by atoms with Gasteiger partial charge in [-0.2, -0.15) is 0 Å². The number of benzene rings is 1. The fraction of sp³-hybridized carbons (Fsp3) is 0.467. The quantitative estimate of drug-likeness (QED) is 0.374. The molecule has 1 saturated heterocycles. The maximum Gasteiger partial charge on any atom is 0.310 e. The number of carbonyl (C=O) groups excluding carboxylic acids is 2. The second-order valence-corrected chi connectivity index (χ2v) is 7.31. The van der Waals surface area contributed by atoms with Crippen molar-refractivity contribution >= 4 is 39.2 Å². The Morgan fingerprint density at radius 1 is 1.39 bits per heavy atom. The van der Waals surface area contributed by atoms with E-state index in [1.165, 1.54) is 18.2 Å². The van der Waals surface area contributed by atoms with Crippen LogP contribution in [-0.2, 0) is 14.3 Å². The number of rotatable bonds is 3. The summed E-state index contributed by atoms with van der Waals surface area (Å²) in [7, 11) is 0. The molecule has 8 heteroatoms. The second kappa shape index (κ2) is 5.02. The van der Waals surface area contributed by atoms with E-state index in [-0.39, 0.29) is 40.3 Å². The van der Waals surface area contributed by atoms with E-state index in [1.807, 2.05) is 0 Å². The number of ether oxygens (including phenoxy) is 1. The molecule has 0 aromatic heterocycles. The maximum atomic E-state index is 12.7. The fourth-order valence-electron chi connectivity index (χ4n) is 4.25. The highest BCUT2D eigenvalue weighted by molar-refractivity contribution is 9.09. The lowest BCUT2D eigenvalue weighted by Gasteiger charge is -2.27. The molecule has 0 radical (unpaired) electrons. The van der Waals surface area contributed by atoms with Crippen molar-refractivity contribution in [3.05, 3.63) is 34.4 Å². The van der Waals surface area contributed by atoms with E-state index < -0.39 is 16.8 Å². The Bertz CT molecular complexity index is 724. The Morgan fingerprint density at radius 3 is 2.91 bits per heavy atom. The van der Waals surface area contributed by atoms with Gasteiger partial charge in [-0.15, -0.1) is 0 Å². The zero-order chi connectivity index (χ0) is 16.3. The van der Waals surface area contributed by atoms with E-state index in [2.05, 4.69) is 21.2 Å². The summed E-state index contributed by atoms with van der Waals surface area (Å²) in [5, 5.41) is 13.5. The summed E-state index contributed by atoms with van der Waals surface area (Å²) < 4.78 is 5.38. The Labute approximate surface area is 139 Å². The van der Waals surface area contributed by atoms with Gasteiger partial charge in [0.05, 0.1) is 21.6 Å². The first-order valence-electron chi connectivity index (χ1n) is 7.37. The average molecular weight is 381 g/mol. The van der Waals surface area contributed by atoms with E-state index in [1.54, 1.807) is 6.07 Å². The number of alkyl halides is 1. The molecule has 2 aliphatic carbocycles. The highest BCUT2D eigenvalue weighted by Gasteiger charge is 2.67. The molecule has 2 saturated carbocycles. The van der Waals surface area contributed by atoms with Gasteiger partial charge >= 0.3 is 5.97 Å². The van der Waals surface area contributed by atoms with E-state index in [4.69, 9.17) is 4.74 Å². The molecule has 0 spiro atoms. The summed E-state index contributed by atoms with van der Waals surface area (Å²) in [6.07, 6.45) is 0.670. The number of hydrogen-bond donors (Lipinski definition) is 1. The predicted molar refractivity (Wildman–Crippen MR) is 82.9 cm³/mol. The number of halogens is 1. The summed E-state index contributed by atoms with van der Waals surface area (Å²) in [6.45, 7) is 0. The van der Waals surface area contributed by atoms with Crippen LogP contribution in [0.1, 0.15) is 6.42 Å². The number of amides is 1. The van der Waals surface area contributed by atoms with Crippen molar-refractivity contribution in [2.24, 2.45) is 23.7 Å². The van der Waals surface area contributed by atoms with Crippen LogP contribution in [0.4, 0.5) is 11.4 Å². The minimum Gasteiger partial charge on any atom is -0.461 e. The molecule has 6 atom stereocenters. The molecule has 1 amide bonds. The number of nitro benzene ring substituents is 1. The highest BCUT2D eigenvalue weighted by atomic mass is 79.9. The summed E-state index contributed by atoms with van der Waals surface area (Å²) in [4.78, 5) is 35.0. The summed E-state index contributed by atoms with van der Waals surface area (Å²) >= 11 is 3.55. The van der Waals surface area contributed by atoms with Gasteiger partial charge < -0.3 is 10.1 Å². The first-order valence-corrected chi connectivity index (χ1v) is 8.29. The van der Waals surface area contributed by atoms with Crippen molar-refractivity contribution in [3.63, 3.8) is 0 Å². The number of nitrogens with zero attached hydrogens (tertiary/aromatic N) is 1. The SMILES string of the molecule is O=C(Nc1cccc([N+](=O)[O-])c1)[C@@H]1[C@H]2C[C@H]3[C@H](OC(=O)[C@H]31)[C@@H]2Br. The third-order valence-electron chi connectivity index (χ3n) is 5.15. The Hall–Kier alpha value is -1.96. The van der Waals surface area contributed by atoms with Gasteiger partial charge in [-0.25, -0.2) is 0 Å². The zero-order valence-electron chi connectivity index (χ0n) is 11.8. The topological polar surface area (TPSA) is 98.5 Å². The van der Waals surface area contributed by atoms with E-state index in [0.29, 0.717) is 5.69 Å². The Kier molecular flexibility index (Phi) is 3.19. The smallest absolute Gasteiger partial charge is 0.310 e. The third-order valence-corrected chi connectivity index (χ3v) is 6.35. The number of esters is 1. The van der Waals surface area contributed by atoms with Crippen LogP contribution >= 0.6 is 15.9 Å². The fourth-order valence-corrected chi connectivity index (χ4v) is 5.30. The van der Waals surface area contributed by atoms with E-state index in [0.717, 1.165) is 6.42 Å². The predicted octanol–water partition coefficient (Wildman–Crippen LogP) is 2.10. The molecule has 120 valence electrons. The van der Waals surface area contributed by atoms with Crippen LogP contribution < -0.4 is 5.32 Å². The van der Waals surface area contributed by atoms with Crippen LogP contribution in [0.2, 0.25) is 0 Å². The molecule has 23 heavy (non-hydrogen) atoms. The molecule has 1 heterocycles. The van der Waals surface area contributed by atoms with Gasteiger partial charge in [0, 0.05) is 23.7 Å². The first-order chi connectivity index (χ1) is 11.0. The first kappa shape index (κ1) is 14.6. The molecular formula is C15H13BrN2O5. The Balaban J connectivity index is 1.57. The largest absolute Gasteiger partial charge is 0.461 e. The van der Waals surface area contributed by atoms with Gasteiger partial charge in [0.25, 0.3) is 5.69 Å². The number of carbonyl (C=O) groups is 2. The summed E-state index contributed by atoms with van der Waals surface area (Å²) in [5.74, 6) is -1.27. The van der Waals surface area contributed by atoms with Crippen LogP contribution in [0.3, 0.4) is 0 Å². The molecule has 3 aliphatic rings. The van der Waals surface area contributed by atoms with Crippen LogP contribution in [0.25, 0.3) is 0 Å². The summed E-state index contributed by atoms with van der Waals surface area (Å²) in [6, 6.07) is 5.79. The van der Waals surface area contributed by atoms with Gasteiger partial charge in [0.2, 0.25) is 5.91 Å². The van der Waals surface area contributed by atoms with Gasteiger partial charge in [-0.1, -0.05) is 22.0 Å². The lowest BCUT2D eigenvalue weighted by molar-refractivity contribution is -0.384. The van der Waals surface area contributed by atoms with Crippen LogP contribution in [-0.4, -0.2) is 27.7 Å². The van der Waals surface area contributed by atoms with Crippen molar-refractivity contribution in [2.45, 2.75) is 17.4 Å². The molecule has 4 rings (SSSR count). The van der Waals surface area contributed by atoms with Crippen molar-refractivity contribution in [1.29, 1.82) is 0 Å². The lowest BCUT2D eigenvalue weighted by Crippen LogP contribution is -2.40. The number of fused-ring (bicyclic) bond motifs is 1. The van der Waals surface area contributed by atoms with Gasteiger partial charge in [0.15, 0.2) is 0 Å². The summed E-state index contributed by atoms with van der Waals surface area (Å²) in [5.41, 5.74) is 0.274. The molecule has 3 fully saturated rings. The molecule has 1 N–H and O–H groups in total. The average Bonchev–Trinajstić information content (AvgIpc) is 3.11. The zero-order valence-corrected chi connectivity index (χ0v) is 13.4. The number of nitrogens with one attached hydrogen (secondary N) is 1. The highest BCUT2D eigenvalue weighted by Crippen LogP contribution is 2.60. The Morgan fingerprint density at radius 2 is 2.17 bits per heavy atom. The van der Waals surface area contributed by atoms with Gasteiger partial charge in [-0.05, 0) is 18.4 Å². The number of anilines is 1. The molecule has 0 unspecified atom stereocenters. The number of non-ortho nitro benzene ring substituents is 1. The van der Waals surface area contributed by atoms with Crippen LogP contribution in [0, 0.1) is 33.8 Å². The monoisotopic (exact) mass is 380 g/mol. The maximum absolute atomic E-state index is 12.7. The molecule has 1 aliphatic heterocycles. The molecule has 2 bridgehead atoms. The minimum absolute atomic E-state index is 0.00365. The van der Waals surface area contributed by atoms with E-state index >= 15 is 0 Å². The van der Waals surface area contributed by atoms with Crippen LogP contribution in [0.15, 0.2) is 24.3 Å². The molecule has 1 aromatic carbocycles. The standard InChI is InChI=1S/C15H13BrN2O5/c16-12-8-5-9-11(15(20)23-13(9)12)10(8)14(19)17-6-2-1-3-7(4-6)18(21)22/h1-4,8-13H,5H2,(H,17,19)/t8-,9-,10-,11-,12-,13+/m1/s1. The van der Waals surface area contributed by atoms with E-state index in [9.17, 15) is 19.7 Å². The van der Waals surface area contributed by atoms with Crippen molar-refractivity contribution in [1.82, 2.24) is 0 Å². The van der Waals surface area contributed by atoms with Crippen molar-refractivity contribution in [3.8, 4) is 0 Å². The number of nitro groups is 1. The van der Waals surface area contributed by atoms with Crippen molar-refractivity contribution in [2.75, 3.05) is 5.32 Å². The minimum atomic E-state index is -0.513. The molecule has 1 aromatic rings. The molecule has 7 nitrogen and oxygen atoms in total. The normalized spacial score (nSPS) is 36.8. The van der Waals surface area contributed by atoms with Crippen molar-refractivity contribution < 1.29 is 19.2 Å². The van der Waals surface area contributed by atoms with Gasteiger partial charge in [-0.3, -0.25) is 19.7 Å².